The molecular weight excluding hydrogens is 319 g/mol. The predicted octanol–water partition coefficient (Wildman–Crippen LogP) is 2.38. The Morgan fingerprint density at radius 3 is 2.76 bits per heavy atom. The van der Waals surface area contributed by atoms with Crippen molar-refractivity contribution in [3.8, 4) is 0 Å². The molecule has 6 heteroatoms. The molecule has 0 radical (unpaired) electrons. The molecule has 1 aliphatic heterocycles. The smallest absolute Gasteiger partial charge is 0.223 e. The fourth-order valence-electron chi connectivity index (χ4n) is 3.34. The lowest BCUT2D eigenvalue weighted by Gasteiger charge is -2.24. The minimum atomic E-state index is -0.230. The lowest BCUT2D eigenvalue weighted by Crippen LogP contribution is -2.29. The van der Waals surface area contributed by atoms with Crippen LogP contribution in [-0.2, 0) is 11.8 Å². The van der Waals surface area contributed by atoms with Crippen LogP contribution in [0.2, 0.25) is 0 Å². The maximum absolute atomic E-state index is 12.9. The Balaban J connectivity index is 1.54. The van der Waals surface area contributed by atoms with Crippen LogP contribution in [0.5, 0.6) is 0 Å². The number of aromatic nitrogens is 2. The number of likely N-dealkylation sites (tertiary alicyclic amines) is 1. The van der Waals surface area contributed by atoms with Gasteiger partial charge in [-0.1, -0.05) is 24.3 Å². The van der Waals surface area contributed by atoms with E-state index in [2.05, 4.69) is 10.4 Å². The van der Waals surface area contributed by atoms with Crippen molar-refractivity contribution in [3.63, 3.8) is 0 Å². The lowest BCUT2D eigenvalue weighted by atomic mass is 9.96. The number of amides is 1. The summed E-state index contributed by atoms with van der Waals surface area (Å²) in [7, 11) is 3.74. The summed E-state index contributed by atoms with van der Waals surface area (Å²) in [6.07, 6.45) is 8.32. The van der Waals surface area contributed by atoms with E-state index < -0.39 is 0 Å². The van der Waals surface area contributed by atoms with Crippen LogP contribution in [0.25, 0.3) is 6.08 Å². The van der Waals surface area contributed by atoms with Crippen LogP contribution in [0.15, 0.2) is 42.7 Å². The maximum Gasteiger partial charge on any atom is 0.223 e. The third-order valence-corrected chi connectivity index (χ3v) is 4.61. The number of hydrogen-bond donors (Lipinski definition) is 1. The topological polar surface area (TPSA) is 50.2 Å². The number of nitrogens with zero attached hydrogens (tertiary/aromatic N) is 3. The van der Waals surface area contributed by atoms with Gasteiger partial charge in [0.25, 0.3) is 0 Å². The van der Waals surface area contributed by atoms with E-state index in [0.29, 0.717) is 13.0 Å². The van der Waals surface area contributed by atoms with E-state index in [-0.39, 0.29) is 23.7 Å². The first kappa shape index (κ1) is 17.4. The monoisotopic (exact) mass is 342 g/mol. The molecule has 5 nitrogen and oxygen atoms in total. The number of benzene rings is 1. The largest absolute Gasteiger partial charge is 0.338 e. The zero-order valence-electron chi connectivity index (χ0n) is 14.5. The summed E-state index contributed by atoms with van der Waals surface area (Å²) in [6.45, 7) is 1.45. The van der Waals surface area contributed by atoms with Crippen molar-refractivity contribution in [1.82, 2.24) is 20.0 Å². The van der Waals surface area contributed by atoms with Gasteiger partial charge in [-0.15, -0.1) is 0 Å². The molecule has 0 unspecified atom stereocenters. The summed E-state index contributed by atoms with van der Waals surface area (Å²) in [6, 6.07) is 6.45. The van der Waals surface area contributed by atoms with E-state index in [4.69, 9.17) is 0 Å². The van der Waals surface area contributed by atoms with E-state index in [9.17, 15) is 9.18 Å². The average Bonchev–Trinajstić information content (AvgIpc) is 3.13. The zero-order chi connectivity index (χ0) is 17.8. The second kappa shape index (κ2) is 7.61. The minimum Gasteiger partial charge on any atom is -0.338 e. The fourth-order valence-corrected chi connectivity index (χ4v) is 3.34. The number of aryl methyl sites for hydroxylation is 1. The van der Waals surface area contributed by atoms with E-state index in [1.165, 1.54) is 12.1 Å². The molecule has 1 aromatic heterocycles. The Bertz CT molecular complexity index is 753. The Morgan fingerprint density at radius 1 is 1.32 bits per heavy atom. The summed E-state index contributed by atoms with van der Waals surface area (Å²) >= 11 is 0. The van der Waals surface area contributed by atoms with Crippen LogP contribution in [0.3, 0.4) is 0 Å². The third kappa shape index (κ3) is 4.14. The van der Waals surface area contributed by atoms with Gasteiger partial charge >= 0.3 is 0 Å². The van der Waals surface area contributed by atoms with Gasteiger partial charge in [0, 0.05) is 51.3 Å². The molecule has 3 rings (SSSR count). The Labute approximate surface area is 147 Å². The molecule has 1 fully saturated rings. The first-order valence-electron chi connectivity index (χ1n) is 8.41. The quantitative estimate of drug-likeness (QED) is 0.820. The predicted molar refractivity (Wildman–Crippen MR) is 95.1 cm³/mol. The number of halogens is 1. The molecular formula is C19H23FN4O. The van der Waals surface area contributed by atoms with Gasteiger partial charge in [-0.25, -0.2) is 4.39 Å². The van der Waals surface area contributed by atoms with Gasteiger partial charge in [-0.2, -0.15) is 5.10 Å². The van der Waals surface area contributed by atoms with Crippen LogP contribution in [0.1, 0.15) is 23.6 Å². The minimum absolute atomic E-state index is 0.0646. The van der Waals surface area contributed by atoms with E-state index in [1.54, 1.807) is 16.8 Å². The van der Waals surface area contributed by atoms with Gasteiger partial charge in [0.2, 0.25) is 5.91 Å². The van der Waals surface area contributed by atoms with Crippen molar-refractivity contribution in [2.45, 2.75) is 12.5 Å². The molecule has 2 atom stereocenters. The van der Waals surface area contributed by atoms with Crippen LogP contribution in [0, 0.1) is 11.7 Å². The highest BCUT2D eigenvalue weighted by Gasteiger charge is 2.38. The van der Waals surface area contributed by atoms with Gasteiger partial charge in [0.05, 0.1) is 12.2 Å². The Morgan fingerprint density at radius 2 is 2.08 bits per heavy atom. The van der Waals surface area contributed by atoms with Crippen LogP contribution >= 0.6 is 0 Å². The zero-order valence-corrected chi connectivity index (χ0v) is 14.5. The number of nitrogens with one attached hydrogen (secondary N) is 1. The summed E-state index contributed by atoms with van der Waals surface area (Å²) in [5.41, 5.74) is 2.04. The molecule has 1 aliphatic rings. The Hall–Kier alpha value is -2.47. The maximum atomic E-state index is 12.9. The lowest BCUT2D eigenvalue weighted by molar-refractivity contribution is -0.127. The molecule has 132 valence electrons. The van der Waals surface area contributed by atoms with Crippen molar-refractivity contribution >= 4 is 12.0 Å². The summed E-state index contributed by atoms with van der Waals surface area (Å²) < 4.78 is 14.6. The molecule has 0 aliphatic carbocycles. The SMILES string of the molecule is CN1C(=O)C[C@@H](CNC/C=C/c2ccc(F)cc2)[C@@H]1c1cnn(C)c1. The van der Waals surface area contributed by atoms with Gasteiger partial charge < -0.3 is 10.2 Å². The highest BCUT2D eigenvalue weighted by molar-refractivity contribution is 5.79. The van der Waals surface area contributed by atoms with Crippen LogP contribution in [0.4, 0.5) is 4.39 Å². The van der Waals surface area contributed by atoms with Crippen molar-refractivity contribution in [2.75, 3.05) is 20.1 Å². The summed E-state index contributed by atoms with van der Waals surface area (Å²) in [4.78, 5) is 13.9. The molecule has 1 N–H and O–H groups in total. The van der Waals surface area contributed by atoms with Crippen LogP contribution in [-0.4, -0.2) is 40.7 Å². The molecule has 2 heterocycles. The number of hydrogen-bond acceptors (Lipinski definition) is 3. The van der Waals surface area contributed by atoms with Crippen molar-refractivity contribution in [1.29, 1.82) is 0 Å². The van der Waals surface area contributed by atoms with Gasteiger partial charge in [0.1, 0.15) is 5.82 Å². The highest BCUT2D eigenvalue weighted by Crippen LogP contribution is 2.36. The third-order valence-electron chi connectivity index (χ3n) is 4.61. The van der Waals surface area contributed by atoms with Gasteiger partial charge in [0.15, 0.2) is 0 Å². The second-order valence-electron chi connectivity index (χ2n) is 6.47. The highest BCUT2D eigenvalue weighted by atomic mass is 19.1. The molecule has 1 aromatic carbocycles. The van der Waals surface area contributed by atoms with Crippen molar-refractivity contribution in [2.24, 2.45) is 13.0 Å². The number of rotatable bonds is 6. The average molecular weight is 342 g/mol. The molecule has 0 spiro atoms. The molecule has 1 saturated heterocycles. The Kier molecular flexibility index (Phi) is 5.28. The van der Waals surface area contributed by atoms with Gasteiger partial charge in [-0.05, 0) is 17.7 Å². The number of carbonyl (C=O) groups excluding carboxylic acids is 1. The molecule has 0 saturated carbocycles. The van der Waals surface area contributed by atoms with E-state index >= 15 is 0 Å². The molecule has 0 bridgehead atoms. The fraction of sp³-hybridized carbons (Fsp3) is 0.368. The summed E-state index contributed by atoms with van der Waals surface area (Å²) in [5.74, 6) is 0.162. The molecule has 25 heavy (non-hydrogen) atoms. The molecule has 1 amide bonds. The molecule has 2 aromatic rings. The van der Waals surface area contributed by atoms with Crippen LogP contribution < -0.4 is 5.32 Å². The number of carbonyl (C=O) groups is 1. The van der Waals surface area contributed by atoms with Gasteiger partial charge in [-0.3, -0.25) is 9.48 Å². The summed E-state index contributed by atoms with van der Waals surface area (Å²) in [5, 5.41) is 7.61. The first-order valence-corrected chi connectivity index (χ1v) is 8.41. The normalized spacial score (nSPS) is 20.8. The second-order valence-corrected chi connectivity index (χ2v) is 6.47. The standard InChI is InChI=1S/C19H23FN4O/c1-23-13-16(12-22-23)19-15(10-18(25)24(19)2)11-21-9-3-4-14-5-7-17(20)8-6-14/h3-8,12-13,15,19,21H,9-11H2,1-2H3/b4-3+/t15-,19+/m0/s1. The van der Waals surface area contributed by atoms with Crippen molar-refractivity contribution in [3.05, 3.63) is 59.7 Å². The first-order chi connectivity index (χ1) is 12.0. The van der Waals surface area contributed by atoms with E-state index in [0.717, 1.165) is 17.7 Å². The van der Waals surface area contributed by atoms with Crippen molar-refractivity contribution < 1.29 is 9.18 Å². The van der Waals surface area contributed by atoms with E-state index in [1.807, 2.05) is 43.5 Å².